The zero-order valence-electron chi connectivity index (χ0n) is 13.8. The number of nitrogens with one attached hydrogen (secondary N) is 1. The Morgan fingerprint density at radius 2 is 1.72 bits per heavy atom. The van der Waals surface area contributed by atoms with E-state index in [0.717, 1.165) is 30.4 Å². The highest BCUT2D eigenvalue weighted by molar-refractivity contribution is 5.77. The van der Waals surface area contributed by atoms with E-state index >= 15 is 0 Å². The Morgan fingerprint density at radius 1 is 1.04 bits per heavy atom. The third kappa shape index (κ3) is 3.15. The summed E-state index contributed by atoms with van der Waals surface area (Å²) in [6.45, 7) is 0.0639. The summed E-state index contributed by atoms with van der Waals surface area (Å²) < 4.78 is 0. The van der Waals surface area contributed by atoms with Crippen LogP contribution in [0.2, 0.25) is 0 Å². The lowest BCUT2D eigenvalue weighted by Gasteiger charge is -2.43. The van der Waals surface area contributed by atoms with Gasteiger partial charge in [0.25, 0.3) is 0 Å². The molecule has 4 rings (SSSR count). The molecule has 2 aromatic carbocycles. The van der Waals surface area contributed by atoms with Gasteiger partial charge in [-0.1, -0.05) is 60.7 Å². The highest BCUT2D eigenvalue weighted by atomic mass is 16.2. The molecule has 0 radical (unpaired) electrons. The van der Waals surface area contributed by atoms with E-state index in [-0.39, 0.29) is 18.0 Å². The molecule has 1 amide bonds. The van der Waals surface area contributed by atoms with Crippen LogP contribution in [0.25, 0.3) is 11.4 Å². The lowest BCUT2D eigenvalue weighted by atomic mass is 9.72. The molecule has 1 aromatic heterocycles. The Balaban J connectivity index is 1.45. The first-order valence-electron chi connectivity index (χ1n) is 8.45. The first-order valence-corrected chi connectivity index (χ1v) is 8.45. The number of tetrazole rings is 1. The van der Waals surface area contributed by atoms with Crippen LogP contribution in [-0.4, -0.2) is 26.1 Å². The van der Waals surface area contributed by atoms with Crippen molar-refractivity contribution in [3.63, 3.8) is 0 Å². The van der Waals surface area contributed by atoms with E-state index in [9.17, 15) is 4.79 Å². The summed E-state index contributed by atoms with van der Waals surface area (Å²) in [5.41, 5.74) is 1.79. The molecule has 1 heterocycles. The summed E-state index contributed by atoms with van der Waals surface area (Å²) in [6.07, 6.45) is 3.04. The molecule has 6 nitrogen and oxygen atoms in total. The minimum atomic E-state index is -0.249. The Morgan fingerprint density at radius 3 is 2.36 bits per heavy atom. The van der Waals surface area contributed by atoms with E-state index in [1.165, 1.54) is 4.80 Å². The summed E-state index contributed by atoms with van der Waals surface area (Å²) in [7, 11) is 0. The fraction of sp³-hybridized carbons (Fsp3) is 0.263. The number of nitrogens with zero attached hydrogens (tertiary/aromatic N) is 4. The Labute approximate surface area is 145 Å². The summed E-state index contributed by atoms with van der Waals surface area (Å²) in [5, 5.41) is 15.5. The van der Waals surface area contributed by atoms with Crippen molar-refractivity contribution < 1.29 is 4.79 Å². The van der Waals surface area contributed by atoms with E-state index in [1.807, 2.05) is 48.5 Å². The minimum absolute atomic E-state index is 0.0639. The largest absolute Gasteiger partial charge is 0.345 e. The number of carbonyl (C=O) groups is 1. The van der Waals surface area contributed by atoms with Gasteiger partial charge >= 0.3 is 0 Å². The van der Waals surface area contributed by atoms with Crippen LogP contribution in [0.1, 0.15) is 24.8 Å². The van der Waals surface area contributed by atoms with Gasteiger partial charge in [0.05, 0.1) is 5.54 Å². The maximum atomic E-state index is 12.5. The molecule has 1 aliphatic rings. The van der Waals surface area contributed by atoms with Crippen molar-refractivity contribution in [2.24, 2.45) is 0 Å². The molecular weight excluding hydrogens is 314 g/mol. The number of hydrogen-bond acceptors (Lipinski definition) is 4. The number of rotatable bonds is 5. The first-order chi connectivity index (χ1) is 12.3. The topological polar surface area (TPSA) is 72.7 Å². The number of benzene rings is 2. The fourth-order valence-corrected chi connectivity index (χ4v) is 3.22. The van der Waals surface area contributed by atoms with Gasteiger partial charge in [0.1, 0.15) is 6.54 Å². The lowest BCUT2D eigenvalue weighted by Crippen LogP contribution is -2.51. The van der Waals surface area contributed by atoms with Crippen molar-refractivity contribution in [1.29, 1.82) is 0 Å². The van der Waals surface area contributed by atoms with Crippen LogP contribution in [0.4, 0.5) is 0 Å². The van der Waals surface area contributed by atoms with Crippen molar-refractivity contribution in [3.05, 3.63) is 66.2 Å². The molecule has 0 bridgehead atoms. The number of aromatic nitrogens is 4. The zero-order valence-corrected chi connectivity index (χ0v) is 13.8. The number of hydrogen-bond donors (Lipinski definition) is 1. The van der Waals surface area contributed by atoms with Gasteiger partial charge < -0.3 is 5.32 Å². The van der Waals surface area contributed by atoms with Gasteiger partial charge in [-0.25, -0.2) is 0 Å². The summed E-state index contributed by atoms with van der Waals surface area (Å²) >= 11 is 0. The average Bonchev–Trinajstić information content (AvgIpc) is 3.08. The van der Waals surface area contributed by atoms with E-state index < -0.39 is 0 Å². The van der Waals surface area contributed by atoms with Gasteiger partial charge in [0, 0.05) is 5.56 Å². The lowest BCUT2D eigenvalue weighted by molar-refractivity contribution is -0.125. The van der Waals surface area contributed by atoms with Crippen LogP contribution in [0.5, 0.6) is 0 Å². The maximum absolute atomic E-state index is 12.5. The van der Waals surface area contributed by atoms with E-state index in [1.54, 1.807) is 0 Å². The molecule has 25 heavy (non-hydrogen) atoms. The van der Waals surface area contributed by atoms with Gasteiger partial charge in [-0.3, -0.25) is 4.79 Å². The molecule has 1 aliphatic carbocycles. The normalized spacial score (nSPS) is 15.4. The summed E-state index contributed by atoms with van der Waals surface area (Å²) in [6, 6.07) is 19.7. The molecule has 0 aliphatic heterocycles. The first kappa shape index (κ1) is 15.5. The minimum Gasteiger partial charge on any atom is -0.345 e. The zero-order chi connectivity index (χ0) is 17.1. The second kappa shape index (κ2) is 6.47. The van der Waals surface area contributed by atoms with Gasteiger partial charge in [0.15, 0.2) is 0 Å². The van der Waals surface area contributed by atoms with Crippen molar-refractivity contribution in [2.75, 3.05) is 0 Å². The molecule has 3 aromatic rings. The Bertz CT molecular complexity index is 856. The molecule has 126 valence electrons. The van der Waals surface area contributed by atoms with Crippen molar-refractivity contribution in [2.45, 2.75) is 31.3 Å². The Kier molecular flexibility index (Phi) is 4.01. The monoisotopic (exact) mass is 333 g/mol. The highest BCUT2D eigenvalue weighted by Gasteiger charge is 2.39. The molecule has 0 unspecified atom stereocenters. The molecule has 0 spiro atoms. The Hall–Kier alpha value is -3.02. The van der Waals surface area contributed by atoms with Crippen LogP contribution in [0, 0.1) is 0 Å². The SMILES string of the molecule is O=C(Cn1nnc(-c2ccccc2)n1)NC1(c2ccccc2)CCC1. The average molecular weight is 333 g/mol. The maximum Gasteiger partial charge on any atom is 0.244 e. The standard InChI is InChI=1S/C19H19N5O/c25-17(20-19(12-7-13-19)16-10-5-2-6-11-16)14-24-22-18(21-23-24)15-8-3-1-4-9-15/h1-6,8-11H,7,12-14H2,(H,20,25). The summed E-state index contributed by atoms with van der Waals surface area (Å²) in [5.74, 6) is 0.426. The molecule has 1 saturated carbocycles. The molecule has 6 heteroatoms. The smallest absolute Gasteiger partial charge is 0.244 e. The van der Waals surface area contributed by atoms with E-state index in [4.69, 9.17) is 0 Å². The van der Waals surface area contributed by atoms with Crippen LogP contribution in [0.3, 0.4) is 0 Å². The fourth-order valence-electron chi connectivity index (χ4n) is 3.22. The number of carbonyl (C=O) groups excluding carboxylic acids is 1. The second-order valence-corrected chi connectivity index (χ2v) is 6.36. The third-order valence-corrected chi connectivity index (χ3v) is 4.68. The summed E-state index contributed by atoms with van der Waals surface area (Å²) in [4.78, 5) is 13.8. The second-order valence-electron chi connectivity index (χ2n) is 6.36. The molecule has 1 fully saturated rings. The molecule has 0 atom stereocenters. The van der Waals surface area contributed by atoms with Crippen LogP contribution in [0.15, 0.2) is 60.7 Å². The predicted molar refractivity (Wildman–Crippen MR) is 93.4 cm³/mol. The quantitative estimate of drug-likeness (QED) is 0.779. The molecular formula is C19H19N5O. The van der Waals surface area contributed by atoms with E-state index in [0.29, 0.717) is 5.82 Å². The van der Waals surface area contributed by atoms with Crippen molar-refractivity contribution >= 4 is 5.91 Å². The number of amides is 1. The van der Waals surface area contributed by atoms with Crippen molar-refractivity contribution in [1.82, 2.24) is 25.5 Å². The van der Waals surface area contributed by atoms with Gasteiger partial charge in [0.2, 0.25) is 11.7 Å². The van der Waals surface area contributed by atoms with Crippen LogP contribution in [-0.2, 0) is 16.9 Å². The van der Waals surface area contributed by atoms with Gasteiger partial charge in [-0.2, -0.15) is 4.80 Å². The predicted octanol–water partition coefficient (Wildman–Crippen LogP) is 2.54. The van der Waals surface area contributed by atoms with Crippen LogP contribution < -0.4 is 5.32 Å². The van der Waals surface area contributed by atoms with Gasteiger partial charge in [-0.15, -0.1) is 10.2 Å². The van der Waals surface area contributed by atoms with Gasteiger partial charge in [-0.05, 0) is 30.0 Å². The van der Waals surface area contributed by atoms with Crippen molar-refractivity contribution in [3.8, 4) is 11.4 Å². The molecule has 1 N–H and O–H groups in total. The third-order valence-electron chi connectivity index (χ3n) is 4.68. The molecule has 0 saturated heterocycles. The highest BCUT2D eigenvalue weighted by Crippen LogP contribution is 2.41. The van der Waals surface area contributed by atoms with E-state index in [2.05, 4.69) is 32.9 Å². The van der Waals surface area contributed by atoms with Crippen LogP contribution >= 0.6 is 0 Å².